The Labute approximate surface area is 114 Å². The molecule has 17 heavy (non-hydrogen) atoms. The number of benzene rings is 1. The van der Waals surface area contributed by atoms with Crippen molar-refractivity contribution in [3.05, 3.63) is 51.9 Å². The Balaban J connectivity index is 1.98. The van der Waals surface area contributed by atoms with Crippen molar-refractivity contribution in [3.63, 3.8) is 0 Å². The summed E-state index contributed by atoms with van der Waals surface area (Å²) in [6, 6.07) is 9.99. The molecule has 0 aliphatic carbocycles. The van der Waals surface area contributed by atoms with E-state index in [1.54, 1.807) is 6.26 Å². The summed E-state index contributed by atoms with van der Waals surface area (Å²) >= 11 is 9.35. The van der Waals surface area contributed by atoms with Gasteiger partial charge >= 0.3 is 0 Å². The molecule has 0 bridgehead atoms. The number of hydrogen-bond donors (Lipinski definition) is 1. The van der Waals surface area contributed by atoms with Gasteiger partial charge in [0.25, 0.3) is 0 Å². The lowest BCUT2D eigenvalue weighted by Gasteiger charge is -2.14. The lowest BCUT2D eigenvalue weighted by molar-refractivity contribution is 0.498. The highest BCUT2D eigenvalue weighted by Crippen LogP contribution is 2.26. The van der Waals surface area contributed by atoms with Crippen LogP contribution in [-0.2, 0) is 6.42 Å². The van der Waals surface area contributed by atoms with Crippen LogP contribution >= 0.6 is 27.5 Å². The lowest BCUT2D eigenvalue weighted by atomic mass is 10.2. The molecule has 90 valence electrons. The molecule has 2 rings (SSSR count). The van der Waals surface area contributed by atoms with Crippen LogP contribution < -0.4 is 5.32 Å². The highest BCUT2D eigenvalue weighted by atomic mass is 79.9. The van der Waals surface area contributed by atoms with E-state index in [0.717, 1.165) is 22.3 Å². The van der Waals surface area contributed by atoms with Crippen molar-refractivity contribution in [3.8, 4) is 0 Å². The number of rotatable bonds is 4. The van der Waals surface area contributed by atoms with E-state index in [1.807, 2.05) is 30.3 Å². The molecule has 0 radical (unpaired) electrons. The van der Waals surface area contributed by atoms with Gasteiger partial charge in [-0.2, -0.15) is 0 Å². The van der Waals surface area contributed by atoms with E-state index in [4.69, 9.17) is 16.0 Å². The van der Waals surface area contributed by atoms with Crippen LogP contribution in [0.15, 0.2) is 45.5 Å². The summed E-state index contributed by atoms with van der Waals surface area (Å²) in [5.74, 6) is 0.984. The fourth-order valence-electron chi connectivity index (χ4n) is 1.65. The minimum Gasteiger partial charge on any atom is -0.469 e. The second kappa shape index (κ2) is 5.61. The van der Waals surface area contributed by atoms with Gasteiger partial charge in [0.05, 0.1) is 11.3 Å². The summed E-state index contributed by atoms with van der Waals surface area (Å²) in [6.45, 7) is 2.12. The van der Waals surface area contributed by atoms with E-state index in [9.17, 15) is 0 Å². The fraction of sp³-hybridized carbons (Fsp3) is 0.231. The molecule has 1 unspecified atom stereocenters. The summed E-state index contributed by atoms with van der Waals surface area (Å²) in [7, 11) is 0. The maximum absolute atomic E-state index is 5.94. The van der Waals surface area contributed by atoms with Gasteiger partial charge in [-0.3, -0.25) is 0 Å². The third kappa shape index (κ3) is 3.51. The van der Waals surface area contributed by atoms with E-state index < -0.39 is 0 Å². The zero-order valence-corrected chi connectivity index (χ0v) is 11.8. The average Bonchev–Trinajstić information content (AvgIpc) is 2.76. The van der Waals surface area contributed by atoms with Gasteiger partial charge in [0.2, 0.25) is 0 Å². The van der Waals surface area contributed by atoms with E-state index in [-0.39, 0.29) is 0 Å². The first-order valence-corrected chi connectivity index (χ1v) is 6.56. The zero-order valence-electron chi connectivity index (χ0n) is 9.41. The van der Waals surface area contributed by atoms with Crippen molar-refractivity contribution in [2.75, 3.05) is 5.32 Å². The summed E-state index contributed by atoms with van der Waals surface area (Å²) in [4.78, 5) is 0. The van der Waals surface area contributed by atoms with Gasteiger partial charge in [-0.15, -0.1) is 0 Å². The van der Waals surface area contributed by atoms with Gasteiger partial charge in [0.15, 0.2) is 0 Å². The summed E-state index contributed by atoms with van der Waals surface area (Å²) in [5.41, 5.74) is 1.04. The van der Waals surface area contributed by atoms with Gasteiger partial charge in [-0.1, -0.05) is 11.6 Å². The Morgan fingerprint density at radius 2 is 2.24 bits per heavy atom. The predicted molar refractivity (Wildman–Crippen MR) is 74.6 cm³/mol. The number of halogens is 2. The summed E-state index contributed by atoms with van der Waals surface area (Å²) in [6.07, 6.45) is 2.55. The summed E-state index contributed by atoms with van der Waals surface area (Å²) in [5, 5.41) is 4.12. The molecule has 0 spiro atoms. The molecule has 0 saturated carbocycles. The SMILES string of the molecule is CC(Cc1ccco1)Nc1ccc(Cl)c(Br)c1. The number of anilines is 1. The Morgan fingerprint density at radius 3 is 2.88 bits per heavy atom. The lowest BCUT2D eigenvalue weighted by Crippen LogP contribution is -2.17. The van der Waals surface area contributed by atoms with Crippen molar-refractivity contribution in [1.82, 2.24) is 0 Å². The highest BCUT2D eigenvalue weighted by Gasteiger charge is 2.06. The Bertz CT molecular complexity index is 484. The molecule has 0 aliphatic heterocycles. The maximum Gasteiger partial charge on any atom is 0.105 e. The minimum absolute atomic E-state index is 0.300. The third-order valence-electron chi connectivity index (χ3n) is 2.42. The van der Waals surface area contributed by atoms with Crippen molar-refractivity contribution in [2.24, 2.45) is 0 Å². The molecule has 2 nitrogen and oxygen atoms in total. The molecular weight excluding hydrogens is 302 g/mol. The zero-order chi connectivity index (χ0) is 12.3. The topological polar surface area (TPSA) is 25.2 Å². The van der Waals surface area contributed by atoms with Gasteiger partial charge in [0, 0.05) is 22.6 Å². The van der Waals surface area contributed by atoms with Crippen LogP contribution in [0.2, 0.25) is 5.02 Å². The van der Waals surface area contributed by atoms with Crippen LogP contribution in [0.1, 0.15) is 12.7 Å². The predicted octanol–water partition coefficient (Wildman–Crippen LogP) is 4.74. The van der Waals surface area contributed by atoms with Crippen LogP contribution in [-0.4, -0.2) is 6.04 Å². The van der Waals surface area contributed by atoms with Crippen molar-refractivity contribution >= 4 is 33.2 Å². The average molecular weight is 315 g/mol. The standard InChI is InChI=1S/C13H13BrClNO/c1-9(7-11-3-2-6-17-11)16-10-4-5-13(15)12(14)8-10/h2-6,8-9,16H,7H2,1H3. The highest BCUT2D eigenvalue weighted by molar-refractivity contribution is 9.10. The van der Waals surface area contributed by atoms with Crippen LogP contribution in [0, 0.1) is 0 Å². The molecule has 0 aliphatic rings. The number of nitrogens with one attached hydrogen (secondary N) is 1. The normalized spacial score (nSPS) is 12.4. The van der Waals surface area contributed by atoms with Gasteiger partial charge in [0.1, 0.15) is 5.76 Å². The Hall–Kier alpha value is -0.930. The molecule has 4 heteroatoms. The molecule has 1 N–H and O–H groups in total. The van der Waals surface area contributed by atoms with E-state index in [0.29, 0.717) is 11.1 Å². The molecule has 0 amide bonds. The molecular formula is C13H13BrClNO. The Kier molecular flexibility index (Phi) is 4.13. The van der Waals surface area contributed by atoms with Crippen LogP contribution in [0.5, 0.6) is 0 Å². The molecule has 0 saturated heterocycles. The van der Waals surface area contributed by atoms with Crippen LogP contribution in [0.25, 0.3) is 0 Å². The third-order valence-corrected chi connectivity index (χ3v) is 3.63. The molecule has 1 atom stereocenters. The van der Waals surface area contributed by atoms with Gasteiger partial charge < -0.3 is 9.73 Å². The van der Waals surface area contributed by atoms with Crippen molar-refractivity contribution < 1.29 is 4.42 Å². The number of hydrogen-bond acceptors (Lipinski definition) is 2. The van der Waals surface area contributed by atoms with Crippen LogP contribution in [0.3, 0.4) is 0 Å². The van der Waals surface area contributed by atoms with Crippen LogP contribution in [0.4, 0.5) is 5.69 Å². The van der Waals surface area contributed by atoms with E-state index in [2.05, 4.69) is 28.2 Å². The molecule has 1 heterocycles. The monoisotopic (exact) mass is 313 g/mol. The van der Waals surface area contributed by atoms with E-state index >= 15 is 0 Å². The van der Waals surface area contributed by atoms with Crippen molar-refractivity contribution in [1.29, 1.82) is 0 Å². The first-order chi connectivity index (χ1) is 8.15. The smallest absolute Gasteiger partial charge is 0.105 e. The first kappa shape index (κ1) is 12.5. The van der Waals surface area contributed by atoms with Gasteiger partial charge in [-0.25, -0.2) is 0 Å². The van der Waals surface area contributed by atoms with Crippen molar-refractivity contribution in [2.45, 2.75) is 19.4 Å². The second-order valence-corrected chi connectivity index (χ2v) is 5.22. The second-order valence-electron chi connectivity index (χ2n) is 3.96. The molecule has 0 fully saturated rings. The molecule has 2 aromatic rings. The maximum atomic E-state index is 5.94. The summed E-state index contributed by atoms with van der Waals surface area (Å²) < 4.78 is 6.21. The quantitative estimate of drug-likeness (QED) is 0.882. The Morgan fingerprint density at radius 1 is 1.41 bits per heavy atom. The largest absolute Gasteiger partial charge is 0.469 e. The fourth-order valence-corrected chi connectivity index (χ4v) is 2.15. The van der Waals surface area contributed by atoms with E-state index in [1.165, 1.54) is 0 Å². The number of furan rings is 1. The molecule has 1 aromatic carbocycles. The first-order valence-electron chi connectivity index (χ1n) is 5.39. The van der Waals surface area contributed by atoms with Gasteiger partial charge in [-0.05, 0) is 53.2 Å². The minimum atomic E-state index is 0.300. The molecule has 1 aromatic heterocycles.